The van der Waals surface area contributed by atoms with Crippen LogP contribution in [0.1, 0.15) is 24.0 Å². The summed E-state index contributed by atoms with van der Waals surface area (Å²) in [5.74, 6) is 0. The van der Waals surface area contributed by atoms with Gasteiger partial charge in [-0.3, -0.25) is 0 Å². The van der Waals surface area contributed by atoms with Gasteiger partial charge in [-0.25, -0.2) is 0 Å². The molecule has 0 atom stereocenters. The minimum atomic E-state index is 0.414. The van der Waals surface area contributed by atoms with Crippen molar-refractivity contribution in [3.8, 4) is 0 Å². The van der Waals surface area contributed by atoms with Crippen LogP contribution in [0.4, 0.5) is 0 Å². The third-order valence-electron chi connectivity index (χ3n) is 2.69. The molecule has 0 aromatic heterocycles. The average molecular weight is 161 g/mol. The first kappa shape index (κ1) is 7.81. The van der Waals surface area contributed by atoms with Crippen LogP contribution in [0.15, 0.2) is 24.3 Å². The summed E-state index contributed by atoms with van der Waals surface area (Å²) in [7, 11) is 0. The number of benzene rings is 1. The van der Waals surface area contributed by atoms with Gasteiger partial charge in [0.15, 0.2) is 0 Å². The summed E-state index contributed by atoms with van der Waals surface area (Å²) >= 11 is 0. The van der Waals surface area contributed by atoms with E-state index in [-0.39, 0.29) is 0 Å². The molecule has 1 aromatic carbocycles. The van der Waals surface area contributed by atoms with E-state index in [0.717, 1.165) is 25.7 Å². The van der Waals surface area contributed by atoms with E-state index >= 15 is 0 Å². The Bertz CT molecular complexity index is 240. The molecule has 0 radical (unpaired) electrons. The van der Waals surface area contributed by atoms with Gasteiger partial charge in [-0.2, -0.15) is 0 Å². The number of hydrogen-bond acceptors (Lipinski definition) is 1. The van der Waals surface area contributed by atoms with E-state index in [0.29, 0.717) is 6.04 Å². The largest absolute Gasteiger partial charge is 0.328 e. The van der Waals surface area contributed by atoms with Crippen molar-refractivity contribution < 1.29 is 0 Å². The molecule has 64 valence electrons. The van der Waals surface area contributed by atoms with Crippen molar-refractivity contribution in [2.45, 2.75) is 31.7 Å². The molecule has 1 aromatic rings. The number of aryl methyl sites for hydroxylation is 2. The second-order valence-electron chi connectivity index (χ2n) is 3.61. The molecule has 1 aliphatic rings. The van der Waals surface area contributed by atoms with Crippen LogP contribution >= 0.6 is 0 Å². The van der Waals surface area contributed by atoms with Gasteiger partial charge in [-0.1, -0.05) is 24.3 Å². The lowest BCUT2D eigenvalue weighted by atomic mass is 10.0. The van der Waals surface area contributed by atoms with Gasteiger partial charge in [0.2, 0.25) is 0 Å². The Morgan fingerprint density at radius 2 is 1.50 bits per heavy atom. The quantitative estimate of drug-likeness (QED) is 0.578. The van der Waals surface area contributed by atoms with Crippen molar-refractivity contribution in [2.24, 2.45) is 5.73 Å². The smallest absolute Gasteiger partial charge is 0.00451 e. The number of nitrogens with two attached hydrogens (primary N) is 1. The average Bonchev–Trinajstić information content (AvgIpc) is 2.29. The lowest BCUT2D eigenvalue weighted by Gasteiger charge is -2.03. The Kier molecular flexibility index (Phi) is 2.13. The Labute approximate surface area is 73.6 Å². The highest BCUT2D eigenvalue weighted by atomic mass is 14.6. The minimum absolute atomic E-state index is 0.414. The van der Waals surface area contributed by atoms with E-state index < -0.39 is 0 Å². The number of fused-ring (bicyclic) bond motifs is 1. The van der Waals surface area contributed by atoms with Crippen LogP contribution in [0, 0.1) is 0 Å². The fourth-order valence-electron chi connectivity index (χ4n) is 1.87. The lowest BCUT2D eigenvalue weighted by Crippen LogP contribution is -2.19. The van der Waals surface area contributed by atoms with E-state index in [2.05, 4.69) is 24.3 Å². The van der Waals surface area contributed by atoms with Gasteiger partial charge in [0.25, 0.3) is 0 Å². The highest BCUT2D eigenvalue weighted by Crippen LogP contribution is 2.19. The van der Waals surface area contributed by atoms with Crippen molar-refractivity contribution in [1.82, 2.24) is 0 Å². The molecule has 0 aliphatic heterocycles. The first-order chi connectivity index (χ1) is 5.86. The first-order valence-corrected chi connectivity index (χ1v) is 4.68. The van der Waals surface area contributed by atoms with Crippen LogP contribution < -0.4 is 5.73 Å². The van der Waals surface area contributed by atoms with E-state index in [9.17, 15) is 0 Å². The summed E-state index contributed by atoms with van der Waals surface area (Å²) < 4.78 is 0. The molecule has 0 spiro atoms. The summed E-state index contributed by atoms with van der Waals surface area (Å²) in [6.07, 6.45) is 4.63. The molecule has 1 nitrogen and oxygen atoms in total. The van der Waals surface area contributed by atoms with Crippen LogP contribution in [0.5, 0.6) is 0 Å². The highest BCUT2D eigenvalue weighted by Gasteiger charge is 2.11. The van der Waals surface area contributed by atoms with Crippen LogP contribution in [-0.4, -0.2) is 6.04 Å². The molecule has 0 saturated heterocycles. The zero-order chi connectivity index (χ0) is 8.39. The van der Waals surface area contributed by atoms with Gasteiger partial charge in [-0.05, 0) is 36.8 Å². The third-order valence-corrected chi connectivity index (χ3v) is 2.69. The zero-order valence-corrected chi connectivity index (χ0v) is 7.29. The van der Waals surface area contributed by atoms with Gasteiger partial charge in [-0.15, -0.1) is 0 Å². The van der Waals surface area contributed by atoms with Crippen LogP contribution in [0.25, 0.3) is 0 Å². The van der Waals surface area contributed by atoms with Gasteiger partial charge >= 0.3 is 0 Å². The number of hydrogen-bond donors (Lipinski definition) is 1. The summed E-state index contributed by atoms with van der Waals surface area (Å²) in [5, 5.41) is 0. The van der Waals surface area contributed by atoms with Crippen molar-refractivity contribution >= 4 is 0 Å². The monoisotopic (exact) mass is 161 g/mol. The fraction of sp³-hybridized carbons (Fsp3) is 0.455. The second-order valence-corrected chi connectivity index (χ2v) is 3.61. The minimum Gasteiger partial charge on any atom is -0.328 e. The predicted molar refractivity (Wildman–Crippen MR) is 51.1 cm³/mol. The molecule has 2 N–H and O–H groups in total. The molecule has 12 heavy (non-hydrogen) atoms. The van der Waals surface area contributed by atoms with Crippen molar-refractivity contribution in [1.29, 1.82) is 0 Å². The first-order valence-electron chi connectivity index (χ1n) is 4.68. The molecule has 1 aliphatic carbocycles. The topological polar surface area (TPSA) is 26.0 Å². The maximum absolute atomic E-state index is 5.91. The summed E-state index contributed by atoms with van der Waals surface area (Å²) in [6.45, 7) is 0. The van der Waals surface area contributed by atoms with E-state index in [1.165, 1.54) is 11.1 Å². The van der Waals surface area contributed by atoms with Crippen molar-refractivity contribution in [3.05, 3.63) is 35.4 Å². The van der Waals surface area contributed by atoms with E-state index in [1.807, 2.05) is 0 Å². The normalized spacial score (nSPS) is 18.4. The molecule has 0 fully saturated rings. The Hall–Kier alpha value is -0.820. The predicted octanol–water partition coefficient (Wildman–Crippen LogP) is 1.89. The molecule has 2 rings (SSSR count). The molecule has 0 bridgehead atoms. The standard InChI is InChI=1S/C11H15N/c12-11-7-5-9-3-1-2-4-10(9)6-8-11/h1-4,11H,5-8,12H2. The summed E-state index contributed by atoms with van der Waals surface area (Å²) in [4.78, 5) is 0. The molecule has 0 saturated carbocycles. The Morgan fingerprint density at radius 3 is 2.00 bits per heavy atom. The molecule has 0 unspecified atom stereocenters. The van der Waals surface area contributed by atoms with Gasteiger partial charge < -0.3 is 5.73 Å². The maximum Gasteiger partial charge on any atom is 0.00451 e. The third kappa shape index (κ3) is 1.51. The SMILES string of the molecule is NC1CCc2ccccc2CC1. The summed E-state index contributed by atoms with van der Waals surface area (Å²) in [5.41, 5.74) is 8.92. The molecule has 1 heteroatoms. The maximum atomic E-state index is 5.91. The lowest BCUT2D eigenvalue weighted by molar-refractivity contribution is 0.589. The van der Waals surface area contributed by atoms with E-state index in [1.54, 1.807) is 0 Å². The second kappa shape index (κ2) is 3.28. The zero-order valence-electron chi connectivity index (χ0n) is 7.29. The summed E-state index contributed by atoms with van der Waals surface area (Å²) in [6, 6.07) is 9.11. The van der Waals surface area contributed by atoms with Gasteiger partial charge in [0.1, 0.15) is 0 Å². The van der Waals surface area contributed by atoms with Crippen molar-refractivity contribution in [3.63, 3.8) is 0 Å². The molecular formula is C11H15N. The molecule has 0 heterocycles. The van der Waals surface area contributed by atoms with E-state index in [4.69, 9.17) is 5.73 Å². The van der Waals surface area contributed by atoms with Crippen LogP contribution in [0.3, 0.4) is 0 Å². The fourth-order valence-corrected chi connectivity index (χ4v) is 1.87. The van der Waals surface area contributed by atoms with Crippen molar-refractivity contribution in [2.75, 3.05) is 0 Å². The number of rotatable bonds is 0. The van der Waals surface area contributed by atoms with Gasteiger partial charge in [0.05, 0.1) is 0 Å². The molecular weight excluding hydrogens is 146 g/mol. The van der Waals surface area contributed by atoms with Crippen LogP contribution in [0.2, 0.25) is 0 Å². The Morgan fingerprint density at radius 1 is 1.00 bits per heavy atom. The van der Waals surface area contributed by atoms with Crippen LogP contribution in [-0.2, 0) is 12.8 Å². The van der Waals surface area contributed by atoms with Gasteiger partial charge in [0, 0.05) is 6.04 Å². The Balaban J connectivity index is 2.26. The highest BCUT2D eigenvalue weighted by molar-refractivity contribution is 5.28. The molecule has 0 amide bonds.